The minimum atomic E-state index is -3.22. The largest absolute Gasteiger partial charge is 0.315 e. The molecule has 1 fully saturated rings. The fourth-order valence-electron chi connectivity index (χ4n) is 1.89. The molecule has 2 heterocycles. The summed E-state index contributed by atoms with van der Waals surface area (Å²) in [6, 6.07) is 3.65. The third-order valence-corrected chi connectivity index (χ3v) is 4.72. The van der Waals surface area contributed by atoms with Crippen LogP contribution in [0.25, 0.3) is 0 Å². The van der Waals surface area contributed by atoms with Crippen LogP contribution in [-0.4, -0.2) is 31.7 Å². The van der Waals surface area contributed by atoms with Crippen molar-refractivity contribution in [3.63, 3.8) is 0 Å². The number of rotatable bonds is 4. The summed E-state index contributed by atoms with van der Waals surface area (Å²) >= 11 is 0. The molecule has 1 aliphatic rings. The predicted molar refractivity (Wildman–Crippen MR) is 65.9 cm³/mol. The SMILES string of the molecule is O=S(=O)(NCc1cccnc1)C1CCCNC1. The minimum absolute atomic E-state index is 0.312. The Morgan fingerprint density at radius 1 is 1.53 bits per heavy atom. The van der Waals surface area contributed by atoms with Crippen LogP contribution >= 0.6 is 0 Å². The number of aromatic nitrogens is 1. The van der Waals surface area contributed by atoms with Gasteiger partial charge in [-0.05, 0) is 31.0 Å². The highest BCUT2D eigenvalue weighted by atomic mass is 32.2. The Morgan fingerprint density at radius 3 is 3.06 bits per heavy atom. The molecule has 0 aromatic carbocycles. The van der Waals surface area contributed by atoms with Crippen LogP contribution in [0.1, 0.15) is 18.4 Å². The van der Waals surface area contributed by atoms with Gasteiger partial charge in [0.2, 0.25) is 10.0 Å². The summed E-state index contributed by atoms with van der Waals surface area (Å²) in [6.45, 7) is 1.77. The molecule has 2 N–H and O–H groups in total. The van der Waals surface area contributed by atoms with Crippen LogP contribution in [-0.2, 0) is 16.6 Å². The van der Waals surface area contributed by atoms with Gasteiger partial charge in [0, 0.05) is 25.5 Å². The Kier molecular flexibility index (Phi) is 4.09. The lowest BCUT2D eigenvalue weighted by Gasteiger charge is -2.22. The van der Waals surface area contributed by atoms with Crippen LogP contribution in [0.3, 0.4) is 0 Å². The van der Waals surface area contributed by atoms with Crippen LogP contribution < -0.4 is 10.0 Å². The van der Waals surface area contributed by atoms with E-state index in [0.717, 1.165) is 24.9 Å². The maximum Gasteiger partial charge on any atom is 0.216 e. The molecule has 1 aliphatic heterocycles. The molecule has 1 aromatic rings. The first kappa shape index (κ1) is 12.5. The van der Waals surface area contributed by atoms with Crippen molar-refractivity contribution < 1.29 is 8.42 Å². The molecule has 6 heteroatoms. The van der Waals surface area contributed by atoms with Gasteiger partial charge in [-0.15, -0.1) is 0 Å². The molecule has 1 unspecified atom stereocenters. The predicted octanol–water partition coefficient (Wildman–Crippen LogP) is 0.253. The van der Waals surface area contributed by atoms with Crippen molar-refractivity contribution in [2.45, 2.75) is 24.6 Å². The fourth-order valence-corrected chi connectivity index (χ4v) is 3.31. The van der Waals surface area contributed by atoms with Crippen LogP contribution in [0, 0.1) is 0 Å². The summed E-state index contributed by atoms with van der Waals surface area (Å²) < 4.78 is 26.6. The Labute approximate surface area is 102 Å². The molecule has 0 amide bonds. The smallest absolute Gasteiger partial charge is 0.216 e. The van der Waals surface area contributed by atoms with Crippen molar-refractivity contribution in [2.75, 3.05) is 13.1 Å². The first-order valence-electron chi connectivity index (χ1n) is 5.76. The van der Waals surface area contributed by atoms with Gasteiger partial charge in [0.05, 0.1) is 5.25 Å². The second-order valence-electron chi connectivity index (χ2n) is 4.20. The zero-order valence-corrected chi connectivity index (χ0v) is 10.4. The standard InChI is InChI=1S/C11H17N3O2S/c15-17(16,11-4-2-6-13-9-11)14-8-10-3-1-5-12-7-10/h1,3,5,7,11,13-14H,2,4,6,8-9H2. The van der Waals surface area contributed by atoms with Crippen molar-refractivity contribution in [3.8, 4) is 0 Å². The molecule has 0 saturated carbocycles. The number of nitrogens with one attached hydrogen (secondary N) is 2. The summed E-state index contributed by atoms with van der Waals surface area (Å²) in [7, 11) is -3.22. The van der Waals surface area contributed by atoms with Gasteiger partial charge in [-0.3, -0.25) is 4.98 Å². The van der Waals surface area contributed by atoms with Gasteiger partial charge in [-0.1, -0.05) is 6.07 Å². The average Bonchev–Trinajstić information content (AvgIpc) is 2.39. The summed E-state index contributed by atoms with van der Waals surface area (Å²) in [6.07, 6.45) is 4.98. The molecule has 0 spiro atoms. The van der Waals surface area contributed by atoms with Crippen LogP contribution in [0.2, 0.25) is 0 Å². The molecular formula is C11H17N3O2S. The Bertz CT molecular complexity index is 441. The molecule has 1 atom stereocenters. The number of hydrogen-bond donors (Lipinski definition) is 2. The molecule has 0 aliphatic carbocycles. The van der Waals surface area contributed by atoms with E-state index in [2.05, 4.69) is 15.0 Å². The minimum Gasteiger partial charge on any atom is -0.315 e. The third kappa shape index (κ3) is 3.49. The van der Waals surface area contributed by atoms with Gasteiger partial charge in [0.15, 0.2) is 0 Å². The van der Waals surface area contributed by atoms with Gasteiger partial charge >= 0.3 is 0 Å². The summed E-state index contributed by atoms with van der Waals surface area (Å²) in [4.78, 5) is 3.95. The number of nitrogens with zero attached hydrogens (tertiary/aromatic N) is 1. The van der Waals surface area contributed by atoms with E-state index in [-0.39, 0.29) is 5.25 Å². The zero-order chi connectivity index (χ0) is 12.1. The van der Waals surface area contributed by atoms with Gasteiger partial charge in [0.25, 0.3) is 0 Å². The normalized spacial score (nSPS) is 21.3. The first-order chi connectivity index (χ1) is 8.18. The van der Waals surface area contributed by atoms with E-state index in [4.69, 9.17) is 0 Å². The van der Waals surface area contributed by atoms with E-state index in [0.29, 0.717) is 13.1 Å². The molecule has 5 nitrogen and oxygen atoms in total. The fraction of sp³-hybridized carbons (Fsp3) is 0.545. The number of pyridine rings is 1. The van der Waals surface area contributed by atoms with Crippen molar-refractivity contribution >= 4 is 10.0 Å². The van der Waals surface area contributed by atoms with E-state index >= 15 is 0 Å². The highest BCUT2D eigenvalue weighted by Gasteiger charge is 2.26. The summed E-state index contributed by atoms with van der Waals surface area (Å²) in [5.74, 6) is 0. The number of sulfonamides is 1. The number of hydrogen-bond acceptors (Lipinski definition) is 4. The maximum absolute atomic E-state index is 12.0. The van der Waals surface area contributed by atoms with Crippen molar-refractivity contribution in [1.29, 1.82) is 0 Å². The Hall–Kier alpha value is -0.980. The lowest BCUT2D eigenvalue weighted by Crippen LogP contribution is -2.44. The quantitative estimate of drug-likeness (QED) is 0.809. The van der Waals surface area contributed by atoms with Crippen molar-refractivity contribution in [1.82, 2.24) is 15.0 Å². The average molecular weight is 255 g/mol. The van der Waals surface area contributed by atoms with Gasteiger partial charge < -0.3 is 5.32 Å². The van der Waals surface area contributed by atoms with E-state index < -0.39 is 10.0 Å². The second kappa shape index (κ2) is 5.57. The van der Waals surface area contributed by atoms with Crippen LogP contribution in [0.5, 0.6) is 0 Å². The lowest BCUT2D eigenvalue weighted by molar-refractivity contribution is 0.490. The molecule has 17 heavy (non-hydrogen) atoms. The molecular weight excluding hydrogens is 238 g/mol. The zero-order valence-electron chi connectivity index (χ0n) is 9.59. The second-order valence-corrected chi connectivity index (χ2v) is 6.24. The molecule has 2 rings (SSSR count). The van der Waals surface area contributed by atoms with Gasteiger partial charge in [0.1, 0.15) is 0 Å². The summed E-state index contributed by atoms with van der Waals surface area (Å²) in [5, 5.41) is 2.80. The monoisotopic (exact) mass is 255 g/mol. The Morgan fingerprint density at radius 2 is 2.41 bits per heavy atom. The van der Waals surface area contributed by atoms with E-state index in [1.165, 1.54) is 0 Å². The van der Waals surface area contributed by atoms with Gasteiger partial charge in [-0.25, -0.2) is 13.1 Å². The van der Waals surface area contributed by atoms with Crippen molar-refractivity contribution in [2.24, 2.45) is 0 Å². The molecule has 0 radical (unpaired) electrons. The van der Waals surface area contributed by atoms with Crippen LogP contribution in [0.15, 0.2) is 24.5 Å². The molecule has 1 saturated heterocycles. The summed E-state index contributed by atoms with van der Waals surface area (Å²) in [5.41, 5.74) is 0.875. The van der Waals surface area contributed by atoms with Crippen LogP contribution in [0.4, 0.5) is 0 Å². The Balaban J connectivity index is 1.93. The maximum atomic E-state index is 12.0. The van der Waals surface area contributed by atoms with E-state index in [9.17, 15) is 8.42 Å². The highest BCUT2D eigenvalue weighted by molar-refractivity contribution is 7.90. The molecule has 1 aromatic heterocycles. The first-order valence-corrected chi connectivity index (χ1v) is 7.31. The molecule has 0 bridgehead atoms. The van der Waals surface area contributed by atoms with E-state index in [1.807, 2.05) is 6.07 Å². The third-order valence-electron chi connectivity index (χ3n) is 2.89. The lowest BCUT2D eigenvalue weighted by atomic mass is 10.2. The molecule has 94 valence electrons. The highest BCUT2D eigenvalue weighted by Crippen LogP contribution is 2.10. The van der Waals surface area contributed by atoms with Gasteiger partial charge in [-0.2, -0.15) is 0 Å². The van der Waals surface area contributed by atoms with E-state index in [1.54, 1.807) is 18.5 Å². The topological polar surface area (TPSA) is 71.1 Å². The number of piperidine rings is 1. The van der Waals surface area contributed by atoms with Crippen molar-refractivity contribution in [3.05, 3.63) is 30.1 Å².